The third-order valence-corrected chi connectivity index (χ3v) is 3.83. The van der Waals surface area contributed by atoms with Crippen molar-refractivity contribution in [2.75, 3.05) is 18.1 Å². The maximum Gasteiger partial charge on any atom is 0.271 e. The number of hydrogen-bond donors (Lipinski definition) is 1. The number of nitrogens with zero attached hydrogens (tertiary/aromatic N) is 2. The molecule has 6 heteroatoms. The van der Waals surface area contributed by atoms with Crippen LogP contribution in [-0.4, -0.2) is 29.2 Å². The highest BCUT2D eigenvalue weighted by atomic mass is 35.5. The molecule has 1 aromatic carbocycles. The lowest BCUT2D eigenvalue weighted by molar-refractivity contribution is -0.384. The number of non-ortho nitro benzene ring substituents is 1. The molecule has 0 heterocycles. The average molecular weight is 285 g/mol. The second-order valence-electron chi connectivity index (χ2n) is 4.75. The fourth-order valence-corrected chi connectivity index (χ4v) is 2.56. The van der Waals surface area contributed by atoms with Gasteiger partial charge in [-0.15, -0.1) is 0 Å². The minimum absolute atomic E-state index is 0.00414. The molecule has 1 aliphatic carbocycles. The van der Waals surface area contributed by atoms with Gasteiger partial charge in [0.05, 0.1) is 15.6 Å². The van der Waals surface area contributed by atoms with Crippen molar-refractivity contribution in [1.82, 2.24) is 0 Å². The minimum atomic E-state index is -0.447. The maximum atomic E-state index is 10.7. The first-order valence-corrected chi connectivity index (χ1v) is 6.82. The molecule has 0 saturated heterocycles. The van der Waals surface area contributed by atoms with Crippen molar-refractivity contribution >= 4 is 23.0 Å². The largest absolute Gasteiger partial charge is 0.396 e. The summed E-state index contributed by atoms with van der Waals surface area (Å²) in [5.74, 6) is 0. The van der Waals surface area contributed by atoms with Gasteiger partial charge in [-0.1, -0.05) is 11.6 Å². The molecule has 0 spiro atoms. The van der Waals surface area contributed by atoms with Crippen LogP contribution in [0.15, 0.2) is 18.2 Å². The van der Waals surface area contributed by atoms with E-state index in [-0.39, 0.29) is 12.3 Å². The number of benzene rings is 1. The van der Waals surface area contributed by atoms with Gasteiger partial charge in [-0.3, -0.25) is 10.1 Å². The van der Waals surface area contributed by atoms with Gasteiger partial charge >= 0.3 is 0 Å². The van der Waals surface area contributed by atoms with Gasteiger partial charge in [0.15, 0.2) is 0 Å². The van der Waals surface area contributed by atoms with E-state index in [0.29, 0.717) is 17.5 Å². The highest BCUT2D eigenvalue weighted by Gasteiger charge is 2.26. The molecule has 0 radical (unpaired) electrons. The summed E-state index contributed by atoms with van der Waals surface area (Å²) >= 11 is 6.16. The Morgan fingerprint density at radius 2 is 2.21 bits per heavy atom. The van der Waals surface area contributed by atoms with Gasteiger partial charge in [0.2, 0.25) is 0 Å². The molecule has 5 nitrogen and oxygen atoms in total. The summed E-state index contributed by atoms with van der Waals surface area (Å²) in [6, 6.07) is 5.01. The predicted molar refractivity (Wildman–Crippen MR) is 74.8 cm³/mol. The third kappa shape index (κ3) is 3.16. The molecule has 0 unspecified atom stereocenters. The molecular weight excluding hydrogens is 268 g/mol. The van der Waals surface area contributed by atoms with E-state index < -0.39 is 4.92 Å². The summed E-state index contributed by atoms with van der Waals surface area (Å²) in [7, 11) is 0. The number of hydrogen-bond acceptors (Lipinski definition) is 4. The predicted octanol–water partition coefficient (Wildman–Crippen LogP) is 2.99. The Morgan fingerprint density at radius 3 is 2.68 bits per heavy atom. The quantitative estimate of drug-likeness (QED) is 0.644. The molecule has 0 amide bonds. The average Bonchev–Trinajstić information content (AvgIpc) is 2.32. The van der Waals surface area contributed by atoms with Gasteiger partial charge in [0.25, 0.3) is 5.69 Å². The zero-order valence-electron chi connectivity index (χ0n) is 10.6. The Morgan fingerprint density at radius 1 is 1.47 bits per heavy atom. The van der Waals surface area contributed by atoms with Crippen molar-refractivity contribution in [3.8, 4) is 0 Å². The number of halogens is 1. The molecular formula is C13H17ClN2O3. The molecule has 1 aliphatic rings. The molecule has 2 rings (SSSR count). The Kier molecular flexibility index (Phi) is 4.61. The molecule has 1 N–H and O–H groups in total. The fourth-order valence-electron chi connectivity index (χ4n) is 2.28. The lowest BCUT2D eigenvalue weighted by Gasteiger charge is -2.39. The number of nitro groups is 1. The van der Waals surface area contributed by atoms with Gasteiger partial charge in [0, 0.05) is 31.3 Å². The monoisotopic (exact) mass is 284 g/mol. The normalized spacial score (nSPS) is 15.1. The smallest absolute Gasteiger partial charge is 0.271 e. The summed E-state index contributed by atoms with van der Waals surface area (Å²) in [4.78, 5) is 12.4. The van der Waals surface area contributed by atoms with Crippen LogP contribution in [-0.2, 0) is 0 Å². The number of aliphatic hydroxyl groups excluding tert-OH is 1. The van der Waals surface area contributed by atoms with Crippen LogP contribution < -0.4 is 4.90 Å². The zero-order chi connectivity index (χ0) is 13.8. The van der Waals surface area contributed by atoms with E-state index in [1.165, 1.54) is 18.6 Å². The standard InChI is InChI=1S/C13H17ClN2O3/c14-12-9-11(16(18)19)5-6-13(12)15(7-2-8-17)10-3-1-4-10/h5-6,9-10,17H,1-4,7-8H2. The minimum Gasteiger partial charge on any atom is -0.396 e. The first kappa shape index (κ1) is 14.1. The van der Waals surface area contributed by atoms with Crippen molar-refractivity contribution in [2.45, 2.75) is 31.7 Å². The van der Waals surface area contributed by atoms with Crippen molar-refractivity contribution in [3.63, 3.8) is 0 Å². The van der Waals surface area contributed by atoms with Crippen LogP contribution >= 0.6 is 11.6 Å². The van der Waals surface area contributed by atoms with E-state index in [1.54, 1.807) is 6.07 Å². The van der Waals surface area contributed by atoms with Crippen LogP contribution in [0.25, 0.3) is 0 Å². The van der Waals surface area contributed by atoms with E-state index in [0.717, 1.165) is 25.1 Å². The highest BCUT2D eigenvalue weighted by Crippen LogP contribution is 2.35. The Hall–Kier alpha value is -1.33. The van der Waals surface area contributed by atoms with Gasteiger partial charge in [-0.05, 0) is 31.7 Å². The van der Waals surface area contributed by atoms with Gasteiger partial charge in [0.1, 0.15) is 0 Å². The van der Waals surface area contributed by atoms with E-state index >= 15 is 0 Å². The van der Waals surface area contributed by atoms with Crippen LogP contribution in [0.1, 0.15) is 25.7 Å². The lowest BCUT2D eigenvalue weighted by atomic mass is 9.91. The molecule has 0 aliphatic heterocycles. The molecule has 0 aromatic heterocycles. The van der Waals surface area contributed by atoms with Crippen LogP contribution in [0.3, 0.4) is 0 Å². The number of anilines is 1. The molecule has 0 atom stereocenters. The van der Waals surface area contributed by atoms with E-state index in [2.05, 4.69) is 4.90 Å². The molecule has 104 valence electrons. The lowest BCUT2D eigenvalue weighted by Crippen LogP contribution is -2.41. The topological polar surface area (TPSA) is 66.6 Å². The summed E-state index contributed by atoms with van der Waals surface area (Å²) in [5, 5.41) is 20.1. The fraction of sp³-hybridized carbons (Fsp3) is 0.538. The van der Waals surface area contributed by atoms with E-state index in [4.69, 9.17) is 16.7 Å². The second kappa shape index (κ2) is 6.21. The van der Waals surface area contributed by atoms with Crippen LogP contribution in [0.5, 0.6) is 0 Å². The Balaban J connectivity index is 2.22. The third-order valence-electron chi connectivity index (χ3n) is 3.52. The SMILES string of the molecule is O=[N+]([O-])c1ccc(N(CCCO)C2CCC2)c(Cl)c1. The van der Waals surface area contributed by atoms with Crippen LogP contribution in [0.4, 0.5) is 11.4 Å². The van der Waals surface area contributed by atoms with Crippen molar-refractivity contribution in [3.05, 3.63) is 33.3 Å². The number of aliphatic hydroxyl groups is 1. The molecule has 1 aromatic rings. The summed E-state index contributed by atoms with van der Waals surface area (Å²) in [6.07, 6.45) is 4.09. The molecule has 1 saturated carbocycles. The zero-order valence-corrected chi connectivity index (χ0v) is 11.3. The summed E-state index contributed by atoms with van der Waals surface area (Å²) < 4.78 is 0. The van der Waals surface area contributed by atoms with Gasteiger partial charge in [-0.25, -0.2) is 0 Å². The van der Waals surface area contributed by atoms with Crippen LogP contribution in [0.2, 0.25) is 5.02 Å². The van der Waals surface area contributed by atoms with Crippen molar-refractivity contribution < 1.29 is 10.0 Å². The van der Waals surface area contributed by atoms with E-state index in [1.807, 2.05) is 0 Å². The Labute approximate surface area is 116 Å². The number of rotatable bonds is 6. The van der Waals surface area contributed by atoms with E-state index in [9.17, 15) is 10.1 Å². The first-order valence-electron chi connectivity index (χ1n) is 6.45. The summed E-state index contributed by atoms with van der Waals surface area (Å²) in [5.41, 5.74) is 0.829. The second-order valence-corrected chi connectivity index (χ2v) is 5.16. The van der Waals surface area contributed by atoms with Gasteiger partial charge in [-0.2, -0.15) is 0 Å². The Bertz CT molecular complexity index is 463. The first-order chi connectivity index (χ1) is 9.13. The molecule has 19 heavy (non-hydrogen) atoms. The molecule has 0 bridgehead atoms. The number of nitro benzene ring substituents is 1. The highest BCUT2D eigenvalue weighted by molar-refractivity contribution is 6.33. The van der Waals surface area contributed by atoms with Crippen LogP contribution in [0, 0.1) is 10.1 Å². The maximum absolute atomic E-state index is 10.7. The van der Waals surface area contributed by atoms with Gasteiger partial charge < -0.3 is 10.0 Å². The molecule has 1 fully saturated rings. The summed E-state index contributed by atoms with van der Waals surface area (Å²) in [6.45, 7) is 0.854. The van der Waals surface area contributed by atoms with Crippen molar-refractivity contribution in [1.29, 1.82) is 0 Å². The van der Waals surface area contributed by atoms with Crippen molar-refractivity contribution in [2.24, 2.45) is 0 Å².